The molecule has 28 heavy (non-hydrogen) atoms. The first kappa shape index (κ1) is 21.3. The fourth-order valence-electron chi connectivity index (χ4n) is 2.95. The largest absolute Gasteiger partial charge is 0.340 e. The zero-order valence-electron chi connectivity index (χ0n) is 15.4. The molecule has 1 aliphatic rings. The minimum absolute atomic E-state index is 0.0164. The molecule has 3 rings (SSSR count). The molecule has 0 unspecified atom stereocenters. The molecule has 0 saturated carbocycles. The van der Waals surface area contributed by atoms with Crippen LogP contribution in [-0.2, 0) is 21.2 Å². The van der Waals surface area contributed by atoms with E-state index < -0.39 is 10.0 Å². The van der Waals surface area contributed by atoms with E-state index in [1.165, 1.54) is 18.3 Å². The average molecular weight is 463 g/mol. The number of likely N-dealkylation sites (N-methyl/N-ethyl adjacent to an activating group) is 1. The lowest BCUT2D eigenvalue weighted by Crippen LogP contribution is -2.47. The number of hydrogen-bond donors (Lipinski definition) is 1. The quantitative estimate of drug-likeness (QED) is 0.738. The smallest absolute Gasteiger partial charge is 0.265 e. The van der Waals surface area contributed by atoms with Crippen molar-refractivity contribution in [2.75, 3.05) is 37.9 Å². The number of benzene rings is 1. The van der Waals surface area contributed by atoms with Crippen LogP contribution in [0.1, 0.15) is 10.4 Å². The number of aryl methyl sites for hydroxylation is 1. The summed E-state index contributed by atoms with van der Waals surface area (Å²) >= 11 is 13.1. The number of anilines is 1. The Labute approximate surface area is 178 Å². The lowest BCUT2D eigenvalue weighted by atomic mass is 10.2. The van der Waals surface area contributed by atoms with Gasteiger partial charge in [-0.05, 0) is 31.7 Å². The van der Waals surface area contributed by atoms with E-state index in [-0.39, 0.29) is 27.4 Å². The van der Waals surface area contributed by atoms with Gasteiger partial charge >= 0.3 is 0 Å². The Hall–Kier alpha value is -1.39. The number of carbonyl (C=O) groups is 1. The van der Waals surface area contributed by atoms with E-state index in [0.717, 1.165) is 24.4 Å². The Morgan fingerprint density at radius 3 is 2.57 bits per heavy atom. The van der Waals surface area contributed by atoms with Crippen molar-refractivity contribution in [1.82, 2.24) is 14.8 Å². The number of sulfonamides is 1. The molecule has 1 N–H and O–H groups in total. The lowest BCUT2D eigenvalue weighted by Gasteiger charge is -2.32. The molecule has 1 fully saturated rings. The Morgan fingerprint density at radius 2 is 1.93 bits per heavy atom. The molecule has 0 aliphatic carbocycles. The van der Waals surface area contributed by atoms with E-state index >= 15 is 0 Å². The van der Waals surface area contributed by atoms with E-state index in [4.69, 9.17) is 23.2 Å². The standard InChI is InChI=1S/C17H20Cl2N4O3S2/c1-11-7-12(18)8-14(19)16(11)28(25,26)21-17-20-10-13(27-17)9-15(24)23-5-3-22(2)4-6-23/h7-8,10H,3-6,9H2,1-2H3,(H,20,21). The second-order valence-corrected chi connectivity index (χ2v) is 10.2. The molecule has 11 heteroatoms. The number of hydrogen-bond acceptors (Lipinski definition) is 6. The number of halogens is 2. The topological polar surface area (TPSA) is 82.6 Å². The van der Waals surface area contributed by atoms with Crippen LogP contribution in [0.3, 0.4) is 0 Å². The van der Waals surface area contributed by atoms with Crippen molar-refractivity contribution >= 4 is 55.6 Å². The van der Waals surface area contributed by atoms with Gasteiger partial charge in [-0.2, -0.15) is 0 Å². The van der Waals surface area contributed by atoms with Crippen molar-refractivity contribution in [3.05, 3.63) is 38.8 Å². The molecule has 1 saturated heterocycles. The van der Waals surface area contributed by atoms with E-state index in [1.807, 2.05) is 11.9 Å². The number of rotatable bonds is 5. The second-order valence-electron chi connectivity index (χ2n) is 6.63. The fraction of sp³-hybridized carbons (Fsp3) is 0.412. The van der Waals surface area contributed by atoms with Gasteiger partial charge in [-0.15, -0.1) is 11.3 Å². The second kappa shape index (κ2) is 8.54. The zero-order valence-corrected chi connectivity index (χ0v) is 18.6. The maximum atomic E-state index is 12.7. The van der Waals surface area contributed by atoms with Gasteiger partial charge in [0, 0.05) is 42.3 Å². The number of nitrogens with zero attached hydrogens (tertiary/aromatic N) is 3. The number of piperazine rings is 1. The highest BCUT2D eigenvalue weighted by Gasteiger charge is 2.24. The van der Waals surface area contributed by atoms with Crippen LogP contribution in [0.25, 0.3) is 0 Å². The Balaban J connectivity index is 1.70. The predicted octanol–water partition coefficient (Wildman–Crippen LogP) is 2.88. The first-order valence-electron chi connectivity index (χ1n) is 8.55. The van der Waals surface area contributed by atoms with Gasteiger partial charge in [0.05, 0.1) is 11.4 Å². The average Bonchev–Trinajstić information content (AvgIpc) is 3.00. The molecule has 0 radical (unpaired) electrons. The molecule has 7 nitrogen and oxygen atoms in total. The highest BCUT2D eigenvalue weighted by Crippen LogP contribution is 2.31. The summed E-state index contributed by atoms with van der Waals surface area (Å²) in [5, 5.41) is 0.589. The summed E-state index contributed by atoms with van der Waals surface area (Å²) in [6.45, 7) is 4.71. The van der Waals surface area contributed by atoms with Gasteiger partial charge < -0.3 is 9.80 Å². The molecule has 1 aliphatic heterocycles. The van der Waals surface area contributed by atoms with Crippen LogP contribution < -0.4 is 4.72 Å². The molecular formula is C17H20Cl2N4O3S2. The molecule has 1 aromatic carbocycles. The summed E-state index contributed by atoms with van der Waals surface area (Å²) in [6.07, 6.45) is 1.72. The minimum atomic E-state index is -3.93. The summed E-state index contributed by atoms with van der Waals surface area (Å²) in [6, 6.07) is 2.91. The number of aromatic nitrogens is 1. The third kappa shape index (κ3) is 4.96. The van der Waals surface area contributed by atoms with Crippen molar-refractivity contribution in [2.24, 2.45) is 0 Å². The van der Waals surface area contributed by atoms with Crippen LogP contribution in [-0.4, -0.2) is 62.3 Å². The molecule has 2 heterocycles. The maximum Gasteiger partial charge on any atom is 0.265 e. The Kier molecular flexibility index (Phi) is 6.51. The van der Waals surface area contributed by atoms with Crippen LogP contribution in [0.4, 0.5) is 5.13 Å². The van der Waals surface area contributed by atoms with Crippen molar-refractivity contribution in [2.45, 2.75) is 18.2 Å². The molecule has 0 spiro atoms. The van der Waals surface area contributed by atoms with Crippen LogP contribution in [0.15, 0.2) is 23.2 Å². The van der Waals surface area contributed by atoms with Gasteiger partial charge in [-0.1, -0.05) is 23.2 Å². The number of thiazole rings is 1. The van der Waals surface area contributed by atoms with Crippen LogP contribution >= 0.6 is 34.5 Å². The lowest BCUT2D eigenvalue weighted by molar-refractivity contribution is -0.131. The van der Waals surface area contributed by atoms with E-state index in [9.17, 15) is 13.2 Å². The SMILES string of the molecule is Cc1cc(Cl)cc(Cl)c1S(=O)(=O)Nc1ncc(CC(=O)N2CCN(C)CC2)s1. The molecule has 0 bridgehead atoms. The van der Waals surface area contributed by atoms with Crippen molar-refractivity contribution in [1.29, 1.82) is 0 Å². The molecule has 2 aromatic rings. The summed E-state index contributed by atoms with van der Waals surface area (Å²) in [4.78, 5) is 21.2. The molecule has 1 aromatic heterocycles. The molecule has 152 valence electrons. The predicted molar refractivity (Wildman–Crippen MR) is 112 cm³/mol. The van der Waals surface area contributed by atoms with Gasteiger partial charge in [-0.25, -0.2) is 13.4 Å². The van der Waals surface area contributed by atoms with Crippen molar-refractivity contribution < 1.29 is 13.2 Å². The Morgan fingerprint density at radius 1 is 1.25 bits per heavy atom. The molecule has 1 amide bonds. The molecule has 0 atom stereocenters. The van der Waals surface area contributed by atoms with Gasteiger partial charge in [0.15, 0.2) is 5.13 Å². The summed E-state index contributed by atoms with van der Waals surface area (Å²) in [5.74, 6) is 0.0164. The third-order valence-corrected chi connectivity index (χ3v) is 7.63. The van der Waals surface area contributed by atoms with Crippen LogP contribution in [0.5, 0.6) is 0 Å². The first-order valence-corrected chi connectivity index (χ1v) is 11.6. The maximum absolute atomic E-state index is 12.7. The Bertz CT molecular complexity index is 963. The minimum Gasteiger partial charge on any atom is -0.340 e. The summed E-state index contributed by atoms with van der Waals surface area (Å²) in [5.41, 5.74) is 0.437. The van der Waals surface area contributed by atoms with Gasteiger partial charge in [0.1, 0.15) is 4.90 Å². The summed E-state index contributed by atoms with van der Waals surface area (Å²) in [7, 11) is -1.90. The number of amides is 1. The first-order chi connectivity index (χ1) is 13.2. The summed E-state index contributed by atoms with van der Waals surface area (Å²) < 4.78 is 27.9. The third-order valence-electron chi connectivity index (χ3n) is 4.42. The van der Waals surface area contributed by atoms with Crippen molar-refractivity contribution in [3.8, 4) is 0 Å². The zero-order chi connectivity index (χ0) is 20.5. The normalized spacial score (nSPS) is 15.6. The number of nitrogens with one attached hydrogen (secondary N) is 1. The number of carbonyl (C=O) groups excluding carboxylic acids is 1. The van der Waals surface area contributed by atoms with E-state index in [1.54, 1.807) is 6.92 Å². The highest BCUT2D eigenvalue weighted by atomic mass is 35.5. The fourth-order valence-corrected chi connectivity index (χ4v) is 6.18. The monoisotopic (exact) mass is 462 g/mol. The van der Waals surface area contributed by atoms with E-state index in [2.05, 4.69) is 14.6 Å². The molecular weight excluding hydrogens is 443 g/mol. The van der Waals surface area contributed by atoms with Crippen LogP contribution in [0.2, 0.25) is 10.0 Å². The van der Waals surface area contributed by atoms with Gasteiger partial charge in [0.2, 0.25) is 5.91 Å². The van der Waals surface area contributed by atoms with Crippen molar-refractivity contribution in [3.63, 3.8) is 0 Å². The highest BCUT2D eigenvalue weighted by molar-refractivity contribution is 7.93. The van der Waals surface area contributed by atoms with Crippen LogP contribution in [0, 0.1) is 6.92 Å². The van der Waals surface area contributed by atoms with Gasteiger partial charge in [0.25, 0.3) is 10.0 Å². The van der Waals surface area contributed by atoms with Gasteiger partial charge in [-0.3, -0.25) is 9.52 Å². The van der Waals surface area contributed by atoms with E-state index in [0.29, 0.717) is 28.6 Å².